The third kappa shape index (κ3) is 4.48. The van der Waals surface area contributed by atoms with Crippen molar-refractivity contribution in [3.05, 3.63) is 65.2 Å². The molecular formula is C17H16F3NO2. The molecule has 0 fully saturated rings. The highest BCUT2D eigenvalue weighted by molar-refractivity contribution is 5.94. The second-order valence-corrected chi connectivity index (χ2v) is 4.79. The Morgan fingerprint density at radius 1 is 1.09 bits per heavy atom. The van der Waals surface area contributed by atoms with Crippen molar-refractivity contribution in [2.75, 3.05) is 6.61 Å². The molecule has 0 radical (unpaired) electrons. The number of halogens is 3. The van der Waals surface area contributed by atoms with Crippen molar-refractivity contribution in [3.8, 4) is 5.75 Å². The van der Waals surface area contributed by atoms with Crippen molar-refractivity contribution in [1.82, 2.24) is 5.32 Å². The van der Waals surface area contributed by atoms with Crippen molar-refractivity contribution in [3.63, 3.8) is 0 Å². The van der Waals surface area contributed by atoms with Gasteiger partial charge in [-0.1, -0.05) is 18.2 Å². The zero-order chi connectivity index (χ0) is 16.9. The van der Waals surface area contributed by atoms with E-state index in [4.69, 9.17) is 4.74 Å². The van der Waals surface area contributed by atoms with Crippen molar-refractivity contribution >= 4 is 5.91 Å². The van der Waals surface area contributed by atoms with Gasteiger partial charge in [0.15, 0.2) is 0 Å². The van der Waals surface area contributed by atoms with Gasteiger partial charge in [-0.05, 0) is 42.8 Å². The van der Waals surface area contributed by atoms with E-state index in [-0.39, 0.29) is 12.1 Å². The van der Waals surface area contributed by atoms with Gasteiger partial charge < -0.3 is 10.1 Å². The predicted octanol–water partition coefficient (Wildman–Crippen LogP) is 4.03. The van der Waals surface area contributed by atoms with E-state index in [0.29, 0.717) is 17.9 Å². The van der Waals surface area contributed by atoms with Gasteiger partial charge in [-0.3, -0.25) is 4.79 Å². The van der Waals surface area contributed by atoms with Crippen LogP contribution in [0.5, 0.6) is 5.75 Å². The summed E-state index contributed by atoms with van der Waals surface area (Å²) >= 11 is 0. The van der Waals surface area contributed by atoms with Gasteiger partial charge in [0.2, 0.25) is 0 Å². The van der Waals surface area contributed by atoms with Crippen LogP contribution >= 0.6 is 0 Å². The molecule has 0 bridgehead atoms. The molecular weight excluding hydrogens is 307 g/mol. The van der Waals surface area contributed by atoms with E-state index >= 15 is 0 Å². The molecule has 0 aliphatic carbocycles. The quantitative estimate of drug-likeness (QED) is 0.902. The standard InChI is InChI=1S/C17H16F3NO2/c1-2-23-14-9-7-12(8-10-14)16(22)21-11-13-5-3-4-6-15(13)17(18,19)20/h3-10H,2,11H2,1H3,(H,21,22). The van der Waals surface area contributed by atoms with Crippen LogP contribution in [0.2, 0.25) is 0 Å². The molecule has 1 N–H and O–H groups in total. The summed E-state index contributed by atoms with van der Waals surface area (Å²) in [7, 11) is 0. The lowest BCUT2D eigenvalue weighted by Gasteiger charge is -2.13. The lowest BCUT2D eigenvalue weighted by Crippen LogP contribution is -2.24. The maximum absolute atomic E-state index is 12.9. The van der Waals surface area contributed by atoms with Crippen molar-refractivity contribution in [2.24, 2.45) is 0 Å². The molecule has 0 atom stereocenters. The monoisotopic (exact) mass is 323 g/mol. The van der Waals surface area contributed by atoms with Crippen LogP contribution in [0.4, 0.5) is 13.2 Å². The average molecular weight is 323 g/mol. The van der Waals surface area contributed by atoms with E-state index in [1.165, 1.54) is 18.2 Å². The fraction of sp³-hybridized carbons (Fsp3) is 0.235. The summed E-state index contributed by atoms with van der Waals surface area (Å²) in [6, 6.07) is 11.6. The van der Waals surface area contributed by atoms with Crippen LogP contribution in [0.15, 0.2) is 48.5 Å². The molecule has 0 aromatic heterocycles. The molecule has 0 aliphatic heterocycles. The molecule has 0 spiro atoms. The van der Waals surface area contributed by atoms with Gasteiger partial charge in [0.25, 0.3) is 5.91 Å². The number of nitrogens with one attached hydrogen (secondary N) is 1. The second-order valence-electron chi connectivity index (χ2n) is 4.79. The number of carbonyl (C=O) groups excluding carboxylic acids is 1. The molecule has 0 unspecified atom stereocenters. The number of hydrogen-bond acceptors (Lipinski definition) is 2. The van der Waals surface area contributed by atoms with E-state index in [1.807, 2.05) is 6.92 Å². The number of ether oxygens (including phenoxy) is 1. The van der Waals surface area contributed by atoms with E-state index in [2.05, 4.69) is 5.32 Å². The smallest absolute Gasteiger partial charge is 0.416 e. The largest absolute Gasteiger partial charge is 0.494 e. The van der Waals surface area contributed by atoms with Crippen LogP contribution in [-0.4, -0.2) is 12.5 Å². The highest BCUT2D eigenvalue weighted by atomic mass is 19.4. The Balaban J connectivity index is 2.05. The Labute approximate surface area is 132 Å². The molecule has 2 rings (SSSR count). The minimum Gasteiger partial charge on any atom is -0.494 e. The first kappa shape index (κ1) is 16.9. The number of rotatable bonds is 5. The number of carbonyl (C=O) groups is 1. The molecule has 0 saturated carbocycles. The average Bonchev–Trinajstić information content (AvgIpc) is 2.53. The van der Waals surface area contributed by atoms with Gasteiger partial charge in [-0.2, -0.15) is 13.2 Å². The van der Waals surface area contributed by atoms with E-state index in [9.17, 15) is 18.0 Å². The maximum Gasteiger partial charge on any atom is 0.416 e. The molecule has 2 aromatic carbocycles. The van der Waals surface area contributed by atoms with E-state index in [0.717, 1.165) is 6.07 Å². The predicted molar refractivity (Wildman–Crippen MR) is 80.2 cm³/mol. The Kier molecular flexibility index (Phi) is 5.26. The molecule has 2 aromatic rings. The molecule has 1 amide bonds. The van der Waals surface area contributed by atoms with Crippen molar-refractivity contribution in [1.29, 1.82) is 0 Å². The fourth-order valence-corrected chi connectivity index (χ4v) is 2.10. The third-order valence-corrected chi connectivity index (χ3v) is 3.19. The normalized spacial score (nSPS) is 11.1. The Hall–Kier alpha value is -2.50. The minimum absolute atomic E-state index is 0.0271. The van der Waals surface area contributed by atoms with E-state index < -0.39 is 17.6 Å². The van der Waals surface area contributed by atoms with Crippen LogP contribution in [0.3, 0.4) is 0 Å². The highest BCUT2D eigenvalue weighted by Crippen LogP contribution is 2.31. The summed E-state index contributed by atoms with van der Waals surface area (Å²) in [6.45, 7) is 2.17. The summed E-state index contributed by atoms with van der Waals surface area (Å²) in [6.07, 6.45) is -4.44. The summed E-state index contributed by atoms with van der Waals surface area (Å²) in [5.41, 5.74) is -0.357. The lowest BCUT2D eigenvalue weighted by atomic mass is 10.1. The molecule has 0 saturated heterocycles. The number of alkyl halides is 3. The molecule has 23 heavy (non-hydrogen) atoms. The van der Waals surface area contributed by atoms with Gasteiger partial charge in [-0.25, -0.2) is 0 Å². The Morgan fingerprint density at radius 2 is 1.74 bits per heavy atom. The van der Waals surface area contributed by atoms with Gasteiger partial charge in [0, 0.05) is 12.1 Å². The van der Waals surface area contributed by atoms with Gasteiger partial charge >= 0.3 is 6.18 Å². The summed E-state index contributed by atoms with van der Waals surface area (Å²) < 4.78 is 43.9. The Morgan fingerprint density at radius 3 is 2.35 bits per heavy atom. The summed E-state index contributed by atoms with van der Waals surface area (Å²) in [5.74, 6) is 0.191. The summed E-state index contributed by atoms with van der Waals surface area (Å²) in [5, 5.41) is 2.50. The zero-order valence-electron chi connectivity index (χ0n) is 12.5. The molecule has 122 valence electrons. The lowest BCUT2D eigenvalue weighted by molar-refractivity contribution is -0.138. The third-order valence-electron chi connectivity index (χ3n) is 3.19. The number of hydrogen-bond donors (Lipinski definition) is 1. The van der Waals surface area contributed by atoms with Crippen molar-refractivity contribution < 1.29 is 22.7 Å². The van der Waals surface area contributed by atoms with Gasteiger partial charge in [0.05, 0.1) is 12.2 Å². The second kappa shape index (κ2) is 7.17. The number of benzene rings is 2. The van der Waals surface area contributed by atoms with Crippen LogP contribution in [0.25, 0.3) is 0 Å². The fourth-order valence-electron chi connectivity index (χ4n) is 2.10. The molecule has 6 heteroatoms. The molecule has 3 nitrogen and oxygen atoms in total. The highest BCUT2D eigenvalue weighted by Gasteiger charge is 2.32. The minimum atomic E-state index is -4.44. The zero-order valence-corrected chi connectivity index (χ0v) is 12.5. The van der Waals surface area contributed by atoms with E-state index in [1.54, 1.807) is 24.3 Å². The maximum atomic E-state index is 12.9. The Bertz CT molecular complexity index is 666. The van der Waals surface area contributed by atoms with Crippen molar-refractivity contribution in [2.45, 2.75) is 19.6 Å². The van der Waals surface area contributed by atoms with Gasteiger partial charge in [-0.15, -0.1) is 0 Å². The number of amides is 1. The summed E-state index contributed by atoms with van der Waals surface area (Å²) in [4.78, 5) is 12.0. The first-order valence-electron chi connectivity index (χ1n) is 7.08. The van der Waals surface area contributed by atoms with Gasteiger partial charge in [0.1, 0.15) is 5.75 Å². The van der Waals surface area contributed by atoms with Crippen LogP contribution < -0.4 is 10.1 Å². The first-order chi connectivity index (χ1) is 10.9. The molecule has 0 heterocycles. The van der Waals surface area contributed by atoms with Crippen LogP contribution in [0, 0.1) is 0 Å². The van der Waals surface area contributed by atoms with Crippen LogP contribution in [0.1, 0.15) is 28.4 Å². The van der Waals surface area contributed by atoms with Crippen LogP contribution in [-0.2, 0) is 12.7 Å². The SMILES string of the molecule is CCOc1ccc(C(=O)NCc2ccccc2C(F)(F)F)cc1. The topological polar surface area (TPSA) is 38.3 Å². The molecule has 0 aliphatic rings. The first-order valence-corrected chi connectivity index (χ1v) is 7.08.